The summed E-state index contributed by atoms with van der Waals surface area (Å²) in [5, 5.41) is 10.7. The summed E-state index contributed by atoms with van der Waals surface area (Å²) in [6.07, 6.45) is 0. The van der Waals surface area contributed by atoms with Gasteiger partial charge in [0.1, 0.15) is 11.6 Å². The first-order valence-corrected chi connectivity index (χ1v) is 6.65. The normalized spacial score (nSPS) is 10.5. The number of hydrogen-bond acceptors (Lipinski definition) is 3. The van der Waals surface area contributed by atoms with Crippen molar-refractivity contribution in [3.63, 3.8) is 0 Å². The van der Waals surface area contributed by atoms with Crippen molar-refractivity contribution in [2.24, 2.45) is 0 Å². The van der Waals surface area contributed by atoms with E-state index in [0.717, 1.165) is 23.9 Å². The van der Waals surface area contributed by atoms with Crippen molar-refractivity contribution in [1.29, 1.82) is 0 Å². The molecule has 0 unspecified atom stereocenters. The minimum absolute atomic E-state index is 0.0896. The summed E-state index contributed by atoms with van der Waals surface area (Å²) in [4.78, 5) is 10.8. The van der Waals surface area contributed by atoms with Crippen LogP contribution in [0.15, 0.2) is 50.7 Å². The zero-order valence-corrected chi connectivity index (χ0v) is 11.7. The fourth-order valence-corrected chi connectivity index (χ4v) is 2.72. The topological polar surface area (TPSA) is 43.1 Å². The summed E-state index contributed by atoms with van der Waals surface area (Å²) >= 11 is 4.22. The van der Waals surface area contributed by atoms with Gasteiger partial charge in [0.2, 0.25) is 0 Å². The lowest BCUT2D eigenvalue weighted by molar-refractivity contribution is -0.385. The number of nitro groups is 1. The molecule has 0 N–H and O–H groups in total. The van der Waals surface area contributed by atoms with Crippen molar-refractivity contribution < 1.29 is 13.7 Å². The first kappa shape index (κ1) is 14.0. The predicted octanol–water partition coefficient (Wildman–Crippen LogP) is 4.79. The van der Waals surface area contributed by atoms with Crippen LogP contribution in [0, 0.1) is 21.7 Å². The maximum atomic E-state index is 13.5. The third-order valence-electron chi connectivity index (χ3n) is 2.24. The van der Waals surface area contributed by atoms with Crippen LogP contribution in [0.2, 0.25) is 0 Å². The Balaban J connectivity index is 2.37. The molecular formula is C12H6BrF2NO2S. The number of nitrogens with zero attached hydrogens (tertiary/aromatic N) is 1. The van der Waals surface area contributed by atoms with Crippen molar-refractivity contribution >= 4 is 33.4 Å². The standard InChI is InChI=1S/C12H6BrF2NO2S/c13-9-3-2-8(16(17)18)6-12(9)19-11-4-1-7(14)5-10(11)15/h1-6H. The molecule has 0 aliphatic rings. The van der Waals surface area contributed by atoms with Crippen LogP contribution in [0.5, 0.6) is 0 Å². The monoisotopic (exact) mass is 345 g/mol. The fraction of sp³-hybridized carbons (Fsp3) is 0. The van der Waals surface area contributed by atoms with Gasteiger partial charge in [0.25, 0.3) is 5.69 Å². The Bertz CT molecular complexity index is 652. The third-order valence-corrected chi connectivity index (χ3v) is 4.30. The molecule has 0 heterocycles. The van der Waals surface area contributed by atoms with E-state index in [1.54, 1.807) is 0 Å². The summed E-state index contributed by atoms with van der Waals surface area (Å²) < 4.78 is 26.9. The highest BCUT2D eigenvalue weighted by molar-refractivity contribution is 9.10. The summed E-state index contributed by atoms with van der Waals surface area (Å²) in [5.41, 5.74) is -0.0896. The lowest BCUT2D eigenvalue weighted by Crippen LogP contribution is -1.89. The molecule has 0 amide bonds. The molecule has 3 nitrogen and oxygen atoms in total. The average Bonchev–Trinajstić information content (AvgIpc) is 2.34. The summed E-state index contributed by atoms with van der Waals surface area (Å²) in [5.74, 6) is -1.37. The molecule has 2 rings (SSSR count). The second kappa shape index (κ2) is 5.66. The van der Waals surface area contributed by atoms with Gasteiger partial charge in [-0.05, 0) is 34.1 Å². The van der Waals surface area contributed by atoms with Gasteiger partial charge in [-0.2, -0.15) is 0 Å². The summed E-state index contributed by atoms with van der Waals surface area (Å²) in [7, 11) is 0. The van der Waals surface area contributed by atoms with E-state index in [1.807, 2.05) is 0 Å². The van der Waals surface area contributed by atoms with Crippen LogP contribution in [0.4, 0.5) is 14.5 Å². The first-order valence-electron chi connectivity index (χ1n) is 5.04. The first-order chi connectivity index (χ1) is 8.97. The van der Waals surface area contributed by atoms with Gasteiger partial charge in [0.05, 0.1) is 4.92 Å². The van der Waals surface area contributed by atoms with E-state index in [4.69, 9.17) is 0 Å². The van der Waals surface area contributed by atoms with Crippen LogP contribution in [0.3, 0.4) is 0 Å². The summed E-state index contributed by atoms with van der Waals surface area (Å²) in [6.45, 7) is 0. The third kappa shape index (κ3) is 3.30. The fourth-order valence-electron chi connectivity index (χ4n) is 1.36. The maximum Gasteiger partial charge on any atom is 0.270 e. The molecule has 0 fully saturated rings. The highest BCUT2D eigenvalue weighted by Crippen LogP contribution is 2.37. The molecule has 0 aliphatic carbocycles. The molecule has 0 saturated carbocycles. The highest BCUT2D eigenvalue weighted by Gasteiger charge is 2.13. The molecule has 98 valence electrons. The Hall–Kier alpha value is -1.47. The van der Waals surface area contributed by atoms with Gasteiger partial charge >= 0.3 is 0 Å². The van der Waals surface area contributed by atoms with Crippen molar-refractivity contribution in [1.82, 2.24) is 0 Å². The van der Waals surface area contributed by atoms with E-state index in [0.29, 0.717) is 9.37 Å². The van der Waals surface area contributed by atoms with Gasteiger partial charge in [-0.3, -0.25) is 10.1 Å². The molecule has 0 bridgehead atoms. The second-order valence-corrected chi connectivity index (χ2v) is 5.49. The molecule has 0 aromatic heterocycles. The van der Waals surface area contributed by atoms with Crippen LogP contribution in [0.25, 0.3) is 0 Å². The number of non-ortho nitro benzene ring substituents is 1. The highest BCUT2D eigenvalue weighted by atomic mass is 79.9. The molecule has 2 aromatic carbocycles. The minimum atomic E-state index is -0.705. The van der Waals surface area contributed by atoms with Gasteiger partial charge in [0.15, 0.2) is 0 Å². The van der Waals surface area contributed by atoms with Crippen LogP contribution in [0.1, 0.15) is 0 Å². The molecule has 0 saturated heterocycles. The van der Waals surface area contributed by atoms with E-state index >= 15 is 0 Å². The number of halogens is 3. The Labute approximate surface area is 119 Å². The van der Waals surface area contributed by atoms with Crippen molar-refractivity contribution in [3.8, 4) is 0 Å². The SMILES string of the molecule is O=[N+]([O-])c1ccc(Br)c(Sc2ccc(F)cc2F)c1. The van der Waals surface area contributed by atoms with Gasteiger partial charge in [-0.1, -0.05) is 11.8 Å². The zero-order chi connectivity index (χ0) is 14.0. The molecule has 0 atom stereocenters. The summed E-state index contributed by atoms with van der Waals surface area (Å²) in [6, 6.07) is 7.39. The van der Waals surface area contributed by atoms with Crippen LogP contribution >= 0.6 is 27.7 Å². The van der Waals surface area contributed by atoms with E-state index in [9.17, 15) is 18.9 Å². The molecule has 2 aromatic rings. The lowest BCUT2D eigenvalue weighted by atomic mass is 10.3. The van der Waals surface area contributed by atoms with Crippen LogP contribution < -0.4 is 0 Å². The quantitative estimate of drug-likeness (QED) is 0.593. The van der Waals surface area contributed by atoms with Crippen LogP contribution in [-0.2, 0) is 0 Å². The molecule has 19 heavy (non-hydrogen) atoms. The van der Waals surface area contributed by atoms with Crippen LogP contribution in [-0.4, -0.2) is 4.92 Å². The second-order valence-electron chi connectivity index (χ2n) is 3.55. The Morgan fingerprint density at radius 3 is 2.47 bits per heavy atom. The largest absolute Gasteiger partial charge is 0.270 e. The molecule has 0 radical (unpaired) electrons. The maximum absolute atomic E-state index is 13.5. The van der Waals surface area contributed by atoms with Crippen molar-refractivity contribution in [3.05, 3.63) is 62.6 Å². The Morgan fingerprint density at radius 1 is 1.11 bits per heavy atom. The van der Waals surface area contributed by atoms with Crippen molar-refractivity contribution in [2.45, 2.75) is 9.79 Å². The number of benzene rings is 2. The average molecular weight is 346 g/mol. The van der Waals surface area contributed by atoms with E-state index in [2.05, 4.69) is 15.9 Å². The van der Waals surface area contributed by atoms with Gasteiger partial charge in [-0.15, -0.1) is 0 Å². The number of rotatable bonds is 3. The Kier molecular flexibility index (Phi) is 4.16. The molecule has 7 heteroatoms. The number of nitro benzene ring substituents is 1. The molecular weight excluding hydrogens is 340 g/mol. The number of hydrogen-bond donors (Lipinski definition) is 0. The molecule has 0 spiro atoms. The van der Waals surface area contributed by atoms with Gasteiger partial charge in [-0.25, -0.2) is 8.78 Å². The van der Waals surface area contributed by atoms with E-state index in [-0.39, 0.29) is 10.6 Å². The smallest absolute Gasteiger partial charge is 0.258 e. The van der Waals surface area contributed by atoms with Crippen molar-refractivity contribution in [2.75, 3.05) is 0 Å². The van der Waals surface area contributed by atoms with E-state index in [1.165, 1.54) is 24.3 Å². The minimum Gasteiger partial charge on any atom is -0.258 e. The molecule has 0 aliphatic heterocycles. The van der Waals surface area contributed by atoms with Gasteiger partial charge in [0, 0.05) is 32.5 Å². The van der Waals surface area contributed by atoms with Gasteiger partial charge < -0.3 is 0 Å². The lowest BCUT2D eigenvalue weighted by Gasteiger charge is -2.05. The Morgan fingerprint density at radius 2 is 1.84 bits per heavy atom. The zero-order valence-electron chi connectivity index (χ0n) is 9.27. The van der Waals surface area contributed by atoms with E-state index < -0.39 is 16.6 Å². The predicted molar refractivity (Wildman–Crippen MR) is 71.3 cm³/mol.